The Balaban J connectivity index is 2.67. The highest BCUT2D eigenvalue weighted by Gasteiger charge is 1.91. The third-order valence-corrected chi connectivity index (χ3v) is 1.54. The minimum atomic E-state index is 0.564. The molecule has 64 valence electrons. The lowest BCUT2D eigenvalue weighted by Gasteiger charge is -2.00. The average Bonchev–Trinajstić information content (AvgIpc) is 2.06. The van der Waals surface area contributed by atoms with Gasteiger partial charge in [0.2, 0.25) is 0 Å². The van der Waals surface area contributed by atoms with Gasteiger partial charge >= 0.3 is 0 Å². The molecule has 1 aromatic carbocycles. The summed E-state index contributed by atoms with van der Waals surface area (Å²) in [6, 6.07) is 9.62. The van der Waals surface area contributed by atoms with E-state index in [0.717, 1.165) is 16.7 Å². The van der Waals surface area contributed by atoms with Crippen LogP contribution in [0, 0.1) is 5.21 Å². The summed E-state index contributed by atoms with van der Waals surface area (Å²) >= 11 is 0. The first-order valence-corrected chi connectivity index (χ1v) is 4.16. The summed E-state index contributed by atoms with van der Waals surface area (Å²) in [5.74, 6) is 0. The molecule has 2 nitrogen and oxygen atoms in total. The van der Waals surface area contributed by atoms with E-state index >= 15 is 0 Å². The zero-order chi connectivity index (χ0) is 8.81. The third-order valence-electron chi connectivity index (χ3n) is 1.54. The lowest BCUT2D eigenvalue weighted by molar-refractivity contribution is -0.452. The highest BCUT2D eigenvalue weighted by molar-refractivity contribution is 5.75. The van der Waals surface area contributed by atoms with Crippen molar-refractivity contribution in [1.29, 1.82) is 0 Å². The van der Waals surface area contributed by atoms with Crippen LogP contribution in [-0.4, -0.2) is 17.5 Å². The minimum Gasteiger partial charge on any atom is -0.624 e. The molecule has 0 heterocycles. The van der Waals surface area contributed by atoms with Gasteiger partial charge < -0.3 is 5.21 Å². The second kappa shape index (κ2) is 4.54. The van der Waals surface area contributed by atoms with Gasteiger partial charge in [-0.3, -0.25) is 0 Å². The Bertz CT molecular complexity index is 254. The third kappa shape index (κ3) is 2.74. The maximum Gasteiger partial charge on any atom is 0.181 e. The van der Waals surface area contributed by atoms with Crippen LogP contribution >= 0.6 is 0 Å². The van der Waals surface area contributed by atoms with Crippen molar-refractivity contribution in [2.75, 3.05) is 6.54 Å². The number of hydrogen-bond acceptors (Lipinski definition) is 1. The molecule has 0 bridgehead atoms. The van der Waals surface area contributed by atoms with Crippen LogP contribution in [-0.2, 0) is 0 Å². The van der Waals surface area contributed by atoms with Crippen LogP contribution in [0.25, 0.3) is 0 Å². The Morgan fingerprint density at radius 2 is 2.00 bits per heavy atom. The van der Waals surface area contributed by atoms with Gasteiger partial charge in [-0.05, 0) is 12.1 Å². The summed E-state index contributed by atoms with van der Waals surface area (Å²) in [5.41, 5.74) is 0.959. The molecular weight excluding hydrogens is 150 g/mol. The van der Waals surface area contributed by atoms with Crippen molar-refractivity contribution < 1.29 is 4.74 Å². The summed E-state index contributed by atoms with van der Waals surface area (Å²) < 4.78 is 0.968. The molecule has 1 rings (SSSR count). The fourth-order valence-corrected chi connectivity index (χ4v) is 0.990. The van der Waals surface area contributed by atoms with Crippen LogP contribution in [0.1, 0.15) is 18.9 Å². The number of rotatable bonds is 3. The molecule has 0 N–H and O–H groups in total. The molecule has 0 saturated heterocycles. The second-order valence-electron chi connectivity index (χ2n) is 2.68. The lowest BCUT2D eigenvalue weighted by atomic mass is 10.2. The van der Waals surface area contributed by atoms with Crippen LogP contribution < -0.4 is 0 Å². The fourth-order valence-electron chi connectivity index (χ4n) is 0.990. The summed E-state index contributed by atoms with van der Waals surface area (Å²) in [6.45, 7) is 2.55. The van der Waals surface area contributed by atoms with Crippen LogP contribution in [0.5, 0.6) is 0 Å². The molecule has 0 atom stereocenters. The summed E-state index contributed by atoms with van der Waals surface area (Å²) in [5, 5.41) is 11.1. The molecule has 0 fully saturated rings. The minimum absolute atomic E-state index is 0.564. The summed E-state index contributed by atoms with van der Waals surface area (Å²) in [4.78, 5) is 0. The molecule has 12 heavy (non-hydrogen) atoms. The quantitative estimate of drug-likeness (QED) is 0.290. The van der Waals surface area contributed by atoms with Gasteiger partial charge in [0.15, 0.2) is 12.8 Å². The van der Waals surface area contributed by atoms with Crippen molar-refractivity contribution in [2.45, 2.75) is 13.3 Å². The molecule has 1 aromatic rings. The van der Waals surface area contributed by atoms with E-state index in [1.165, 1.54) is 0 Å². The predicted molar refractivity (Wildman–Crippen MR) is 50.4 cm³/mol. The molecular formula is C10H13NO. The van der Waals surface area contributed by atoms with Crippen molar-refractivity contribution in [1.82, 2.24) is 0 Å². The van der Waals surface area contributed by atoms with Gasteiger partial charge in [-0.15, -0.1) is 0 Å². The molecule has 0 unspecified atom stereocenters. The zero-order valence-corrected chi connectivity index (χ0v) is 7.23. The van der Waals surface area contributed by atoms with Crippen LogP contribution in [0.15, 0.2) is 30.3 Å². The van der Waals surface area contributed by atoms with E-state index < -0.39 is 0 Å². The lowest BCUT2D eigenvalue weighted by Crippen LogP contribution is -2.06. The monoisotopic (exact) mass is 163 g/mol. The SMILES string of the molecule is CCC[N+]([O-])=Cc1ccccc1. The van der Waals surface area contributed by atoms with Gasteiger partial charge in [-0.2, -0.15) is 0 Å². The van der Waals surface area contributed by atoms with E-state index in [1.54, 1.807) is 6.21 Å². The van der Waals surface area contributed by atoms with E-state index in [0.29, 0.717) is 6.54 Å². The highest BCUT2D eigenvalue weighted by atomic mass is 16.5. The van der Waals surface area contributed by atoms with Crippen molar-refractivity contribution >= 4 is 6.21 Å². The average molecular weight is 163 g/mol. The first-order chi connectivity index (χ1) is 5.83. The summed E-state index contributed by atoms with van der Waals surface area (Å²) in [7, 11) is 0. The largest absolute Gasteiger partial charge is 0.624 e. The number of nitrogens with zero attached hydrogens (tertiary/aromatic N) is 1. The molecule has 0 saturated carbocycles. The van der Waals surface area contributed by atoms with Crippen LogP contribution in [0.2, 0.25) is 0 Å². The normalized spacial score (nSPS) is 11.6. The first kappa shape index (κ1) is 8.78. The van der Waals surface area contributed by atoms with Gasteiger partial charge in [0.1, 0.15) is 0 Å². The molecule has 0 aliphatic carbocycles. The first-order valence-electron chi connectivity index (χ1n) is 4.16. The number of benzene rings is 1. The van der Waals surface area contributed by atoms with E-state index in [9.17, 15) is 5.21 Å². The van der Waals surface area contributed by atoms with E-state index in [1.807, 2.05) is 37.3 Å². The smallest absolute Gasteiger partial charge is 0.181 e. The molecule has 2 heteroatoms. The van der Waals surface area contributed by atoms with E-state index in [2.05, 4.69) is 0 Å². The van der Waals surface area contributed by atoms with Gasteiger partial charge in [-0.25, -0.2) is 4.74 Å². The van der Waals surface area contributed by atoms with E-state index in [4.69, 9.17) is 0 Å². The predicted octanol–water partition coefficient (Wildman–Crippen LogP) is 2.03. The Labute approximate surface area is 72.7 Å². The topological polar surface area (TPSA) is 26.1 Å². The van der Waals surface area contributed by atoms with Crippen molar-refractivity contribution in [3.05, 3.63) is 41.1 Å². The standard InChI is InChI=1S/C10H13NO/c1-2-8-11(12)9-10-6-4-3-5-7-10/h3-7,9H,2,8H2,1H3. The van der Waals surface area contributed by atoms with Crippen molar-refractivity contribution in [2.24, 2.45) is 0 Å². The molecule has 0 amide bonds. The van der Waals surface area contributed by atoms with Crippen molar-refractivity contribution in [3.8, 4) is 0 Å². The summed E-state index contributed by atoms with van der Waals surface area (Å²) in [6.07, 6.45) is 2.50. The molecule has 0 radical (unpaired) electrons. The van der Waals surface area contributed by atoms with Crippen LogP contribution in [0.4, 0.5) is 0 Å². The van der Waals surface area contributed by atoms with Gasteiger partial charge in [-0.1, -0.05) is 25.1 Å². The Kier molecular flexibility index (Phi) is 3.33. The number of hydrogen-bond donors (Lipinski definition) is 0. The molecule has 0 aromatic heterocycles. The Morgan fingerprint density at radius 1 is 1.33 bits per heavy atom. The fraction of sp³-hybridized carbons (Fsp3) is 0.300. The highest BCUT2D eigenvalue weighted by Crippen LogP contribution is 1.93. The zero-order valence-electron chi connectivity index (χ0n) is 7.23. The van der Waals surface area contributed by atoms with Gasteiger partial charge in [0.05, 0.1) is 0 Å². The number of hydroxylamine groups is 1. The maximum absolute atomic E-state index is 11.1. The Hall–Kier alpha value is -1.31. The maximum atomic E-state index is 11.1. The molecule has 0 spiro atoms. The Morgan fingerprint density at radius 3 is 2.58 bits per heavy atom. The van der Waals surface area contributed by atoms with E-state index in [-0.39, 0.29) is 0 Å². The van der Waals surface area contributed by atoms with Gasteiger partial charge in [0, 0.05) is 12.0 Å². The van der Waals surface area contributed by atoms with Crippen LogP contribution in [0.3, 0.4) is 0 Å². The molecule has 0 aliphatic rings. The second-order valence-corrected chi connectivity index (χ2v) is 2.68. The van der Waals surface area contributed by atoms with Crippen molar-refractivity contribution in [3.63, 3.8) is 0 Å². The molecule has 0 aliphatic heterocycles. The van der Waals surface area contributed by atoms with Gasteiger partial charge in [0.25, 0.3) is 0 Å².